The van der Waals surface area contributed by atoms with Crippen molar-refractivity contribution in [1.82, 2.24) is 4.98 Å². The number of aromatic nitrogens is 1. The Hall–Kier alpha value is -2.35. The van der Waals surface area contributed by atoms with Crippen LogP contribution in [-0.4, -0.2) is 17.9 Å². The van der Waals surface area contributed by atoms with E-state index < -0.39 is 11.1 Å². The summed E-state index contributed by atoms with van der Waals surface area (Å²) in [4.78, 5) is 15.1. The van der Waals surface area contributed by atoms with Crippen molar-refractivity contribution in [2.45, 2.75) is 25.9 Å². The minimum absolute atomic E-state index is 0.0691. The number of carbonyl (C=O) groups is 1. The molecule has 0 saturated heterocycles. The van der Waals surface area contributed by atoms with Crippen LogP contribution in [0.1, 0.15) is 21.0 Å². The van der Waals surface area contributed by atoms with E-state index in [1.165, 1.54) is 6.26 Å². The molecule has 0 aliphatic heterocycles. The lowest BCUT2D eigenvalue weighted by atomic mass is 10.0. The van der Waals surface area contributed by atoms with Gasteiger partial charge in [0.25, 0.3) is 0 Å². The molecule has 0 bridgehead atoms. The van der Waals surface area contributed by atoms with E-state index in [4.69, 9.17) is 9.15 Å². The molecule has 0 amide bonds. The van der Waals surface area contributed by atoms with Crippen molar-refractivity contribution < 1.29 is 27.1 Å². The highest BCUT2D eigenvalue weighted by Gasteiger charge is 2.33. The van der Waals surface area contributed by atoms with Crippen molar-refractivity contribution in [3.05, 3.63) is 45.6 Å². The average Bonchev–Trinajstić information content (AvgIpc) is 3.15. The molecule has 0 saturated carbocycles. The van der Waals surface area contributed by atoms with Crippen molar-refractivity contribution in [1.29, 1.82) is 0 Å². The Morgan fingerprint density at radius 2 is 2.08 bits per heavy atom. The molecule has 0 radical (unpaired) electrons. The van der Waals surface area contributed by atoms with Crippen molar-refractivity contribution in [2.24, 2.45) is 0 Å². The fourth-order valence-corrected chi connectivity index (χ4v) is 3.41. The summed E-state index contributed by atoms with van der Waals surface area (Å²) in [5, 5.41) is 0.949. The van der Waals surface area contributed by atoms with Gasteiger partial charge in [-0.15, -0.1) is 11.3 Å². The maximum atomic E-state index is 12.6. The molecule has 8 heteroatoms. The van der Waals surface area contributed by atoms with Gasteiger partial charge in [-0.2, -0.15) is 13.2 Å². The third kappa shape index (κ3) is 3.53. The monoisotopic (exact) mass is 369 g/mol. The number of hydrogen-bond acceptors (Lipinski definition) is 5. The van der Waals surface area contributed by atoms with Crippen LogP contribution in [-0.2, 0) is 23.8 Å². The van der Waals surface area contributed by atoms with E-state index in [0.29, 0.717) is 28.2 Å². The van der Waals surface area contributed by atoms with Gasteiger partial charge < -0.3 is 9.15 Å². The second-order valence-electron chi connectivity index (χ2n) is 5.54. The predicted octanol–water partition coefficient (Wildman–Crippen LogP) is 4.58. The molecule has 25 heavy (non-hydrogen) atoms. The number of benzene rings is 1. The molecule has 0 fully saturated rings. The average molecular weight is 369 g/mol. The standard InChI is InChI=1S/C17H14F3NO3S/c1-9-13(23-2)4-3-12-10(8-24-16(9)12)5-11(22)6-15-21-7-14(25-15)17(18,19)20/h3-4,7-8H,5-6H2,1-2H3. The van der Waals surface area contributed by atoms with E-state index in [0.717, 1.165) is 17.1 Å². The van der Waals surface area contributed by atoms with Crippen LogP contribution in [0.15, 0.2) is 29.0 Å². The van der Waals surface area contributed by atoms with Crippen LogP contribution in [0, 0.1) is 6.92 Å². The molecule has 0 aliphatic rings. The van der Waals surface area contributed by atoms with Gasteiger partial charge >= 0.3 is 6.18 Å². The number of thiazole rings is 1. The molecule has 0 unspecified atom stereocenters. The fourth-order valence-electron chi connectivity index (χ4n) is 2.60. The van der Waals surface area contributed by atoms with E-state index >= 15 is 0 Å². The van der Waals surface area contributed by atoms with Gasteiger partial charge in [-0.3, -0.25) is 4.79 Å². The predicted molar refractivity (Wildman–Crippen MR) is 87.0 cm³/mol. The molecular formula is C17H14F3NO3S. The van der Waals surface area contributed by atoms with Gasteiger partial charge in [0.05, 0.1) is 26.0 Å². The Labute approximate surface area is 145 Å². The summed E-state index contributed by atoms with van der Waals surface area (Å²) in [6.07, 6.45) is -2.24. The first-order valence-electron chi connectivity index (χ1n) is 7.37. The van der Waals surface area contributed by atoms with E-state index in [9.17, 15) is 18.0 Å². The number of alkyl halides is 3. The minimum atomic E-state index is -4.43. The second kappa shape index (κ2) is 6.51. The Morgan fingerprint density at radius 3 is 2.72 bits per heavy atom. The summed E-state index contributed by atoms with van der Waals surface area (Å²) in [6.45, 7) is 1.85. The fraction of sp³-hybridized carbons (Fsp3) is 0.294. The Morgan fingerprint density at radius 1 is 1.32 bits per heavy atom. The zero-order valence-electron chi connectivity index (χ0n) is 13.4. The van der Waals surface area contributed by atoms with E-state index in [1.807, 2.05) is 6.92 Å². The molecular weight excluding hydrogens is 355 g/mol. The van der Waals surface area contributed by atoms with Gasteiger partial charge in [0.15, 0.2) is 0 Å². The summed E-state index contributed by atoms with van der Waals surface area (Å²) < 4.78 is 48.5. The number of fused-ring (bicyclic) bond motifs is 1. The van der Waals surface area contributed by atoms with Gasteiger partial charge in [0.1, 0.15) is 27.0 Å². The van der Waals surface area contributed by atoms with Crippen LogP contribution in [0.25, 0.3) is 11.0 Å². The first-order chi connectivity index (χ1) is 11.8. The zero-order valence-corrected chi connectivity index (χ0v) is 14.3. The maximum absolute atomic E-state index is 12.6. The first kappa shape index (κ1) is 17.5. The summed E-state index contributed by atoms with van der Waals surface area (Å²) in [5.41, 5.74) is 2.16. The van der Waals surface area contributed by atoms with E-state index in [1.54, 1.807) is 19.2 Å². The highest BCUT2D eigenvalue weighted by molar-refractivity contribution is 7.11. The number of ketones is 1. The van der Waals surface area contributed by atoms with Crippen LogP contribution in [0.5, 0.6) is 5.75 Å². The molecule has 0 aliphatic carbocycles. The smallest absolute Gasteiger partial charge is 0.427 e. The van der Waals surface area contributed by atoms with Crippen LogP contribution in [0.4, 0.5) is 13.2 Å². The highest BCUT2D eigenvalue weighted by atomic mass is 32.1. The van der Waals surface area contributed by atoms with Crippen molar-refractivity contribution >= 4 is 28.1 Å². The SMILES string of the molecule is COc1ccc2c(CC(=O)Cc3ncc(C(F)(F)F)s3)coc2c1C. The Kier molecular flexibility index (Phi) is 4.55. The van der Waals surface area contributed by atoms with Gasteiger partial charge in [-0.25, -0.2) is 4.98 Å². The molecule has 2 heterocycles. The minimum Gasteiger partial charge on any atom is -0.496 e. The number of methoxy groups -OCH3 is 1. The van der Waals surface area contributed by atoms with Gasteiger partial charge in [-0.1, -0.05) is 0 Å². The molecule has 0 atom stereocenters. The molecule has 0 spiro atoms. The van der Waals surface area contributed by atoms with Crippen molar-refractivity contribution in [2.75, 3.05) is 7.11 Å². The first-order valence-corrected chi connectivity index (χ1v) is 8.18. The summed E-state index contributed by atoms with van der Waals surface area (Å²) in [6, 6.07) is 3.59. The lowest BCUT2D eigenvalue weighted by Crippen LogP contribution is -2.06. The number of nitrogens with zero attached hydrogens (tertiary/aromatic N) is 1. The summed E-state index contributed by atoms with van der Waals surface area (Å²) in [7, 11) is 1.56. The Bertz CT molecular complexity index is 927. The number of aryl methyl sites for hydroxylation is 1. The van der Waals surface area contributed by atoms with Gasteiger partial charge in [0.2, 0.25) is 0 Å². The van der Waals surface area contributed by atoms with Crippen molar-refractivity contribution in [3.63, 3.8) is 0 Å². The summed E-state index contributed by atoms with van der Waals surface area (Å²) in [5.74, 6) is 0.460. The topological polar surface area (TPSA) is 52.3 Å². The zero-order chi connectivity index (χ0) is 18.2. The quantitative estimate of drug-likeness (QED) is 0.661. The number of rotatable bonds is 5. The van der Waals surface area contributed by atoms with E-state index in [-0.39, 0.29) is 23.6 Å². The third-order valence-corrected chi connectivity index (χ3v) is 4.85. The van der Waals surface area contributed by atoms with Crippen LogP contribution < -0.4 is 4.74 Å². The maximum Gasteiger partial charge on any atom is 0.427 e. The highest BCUT2D eigenvalue weighted by Crippen LogP contribution is 2.34. The number of ether oxygens (including phenoxy) is 1. The van der Waals surface area contributed by atoms with Crippen LogP contribution in [0.3, 0.4) is 0 Å². The molecule has 0 N–H and O–H groups in total. The van der Waals surface area contributed by atoms with Crippen molar-refractivity contribution in [3.8, 4) is 5.75 Å². The number of Topliss-reactive ketones (excluding diaryl/α,β-unsaturated/α-hetero) is 1. The lowest BCUT2D eigenvalue weighted by Gasteiger charge is -2.04. The molecule has 3 aromatic rings. The van der Waals surface area contributed by atoms with Gasteiger partial charge in [0, 0.05) is 22.9 Å². The summed E-state index contributed by atoms with van der Waals surface area (Å²) >= 11 is 0.495. The molecule has 3 rings (SSSR count). The largest absolute Gasteiger partial charge is 0.496 e. The van der Waals surface area contributed by atoms with Crippen LogP contribution >= 0.6 is 11.3 Å². The number of carbonyl (C=O) groups excluding carboxylic acids is 1. The number of hydrogen-bond donors (Lipinski definition) is 0. The normalized spacial score (nSPS) is 11.9. The number of furan rings is 1. The molecule has 1 aromatic carbocycles. The molecule has 2 aromatic heterocycles. The van der Waals surface area contributed by atoms with Crippen LogP contribution in [0.2, 0.25) is 0 Å². The van der Waals surface area contributed by atoms with Gasteiger partial charge in [-0.05, 0) is 19.1 Å². The Balaban J connectivity index is 1.76. The number of halogens is 3. The third-order valence-electron chi connectivity index (χ3n) is 3.81. The van der Waals surface area contributed by atoms with E-state index in [2.05, 4.69) is 4.98 Å². The second-order valence-corrected chi connectivity index (χ2v) is 6.65. The molecule has 4 nitrogen and oxygen atoms in total. The molecule has 132 valence electrons. The lowest BCUT2D eigenvalue weighted by molar-refractivity contribution is -0.134.